The second-order valence-electron chi connectivity index (χ2n) is 7.08. The summed E-state index contributed by atoms with van der Waals surface area (Å²) in [7, 11) is 1.82. The Hall–Kier alpha value is -3.56. The zero-order chi connectivity index (χ0) is 21.6. The molecular formula is C20H18F3N5O2. The lowest BCUT2D eigenvalue weighted by molar-refractivity contribution is -0.187. The molecule has 156 valence electrons. The van der Waals surface area contributed by atoms with Crippen LogP contribution in [0.15, 0.2) is 42.6 Å². The van der Waals surface area contributed by atoms with E-state index in [1.54, 1.807) is 35.1 Å². The zero-order valence-electron chi connectivity index (χ0n) is 16.1. The van der Waals surface area contributed by atoms with Gasteiger partial charge in [0.25, 0.3) is 5.91 Å². The van der Waals surface area contributed by atoms with Crippen LogP contribution in [0.3, 0.4) is 0 Å². The van der Waals surface area contributed by atoms with E-state index in [1.807, 2.05) is 24.5 Å². The lowest BCUT2D eigenvalue weighted by atomic mass is 10.1. The molecule has 2 N–H and O–H groups in total. The number of aryl methyl sites for hydroxylation is 1. The van der Waals surface area contributed by atoms with Crippen LogP contribution in [0.2, 0.25) is 0 Å². The summed E-state index contributed by atoms with van der Waals surface area (Å²) in [5.41, 5.74) is 2.59. The third kappa shape index (κ3) is 3.44. The first-order valence-corrected chi connectivity index (χ1v) is 9.10. The summed E-state index contributed by atoms with van der Waals surface area (Å²) in [6, 6.07) is 10.4. The summed E-state index contributed by atoms with van der Waals surface area (Å²) in [5, 5.41) is 10.0. The number of hydrogen-bond donors (Lipinski definition) is 2. The van der Waals surface area contributed by atoms with Crippen molar-refractivity contribution >= 4 is 34.1 Å². The Morgan fingerprint density at radius 1 is 1.23 bits per heavy atom. The number of rotatable bonds is 4. The highest BCUT2D eigenvalue weighted by molar-refractivity contribution is 6.04. The lowest BCUT2D eigenvalue weighted by Gasteiger charge is -2.29. The first-order chi connectivity index (χ1) is 14.1. The first kappa shape index (κ1) is 19.7. The standard InChI is InChI=1S/C20H18F3N5O2/c1-11(29)25-19(20(21,22)23)28-10-12-4-3-5-15(17(12)18(28)30)26-14-6-7-16-13(8-14)9-24-27(16)2/h3-9,19,26H,10H2,1-2H3,(H,25,29). The predicted octanol–water partition coefficient (Wildman–Crippen LogP) is 3.30. The van der Waals surface area contributed by atoms with E-state index in [0.29, 0.717) is 21.8 Å². The smallest absolute Gasteiger partial charge is 0.355 e. The Kier molecular flexibility index (Phi) is 4.64. The average Bonchev–Trinajstić information content (AvgIpc) is 3.19. The maximum Gasteiger partial charge on any atom is 0.427 e. The van der Waals surface area contributed by atoms with Gasteiger partial charge >= 0.3 is 6.18 Å². The molecule has 0 spiro atoms. The van der Waals surface area contributed by atoms with Crippen LogP contribution in [0.4, 0.5) is 24.5 Å². The van der Waals surface area contributed by atoms with E-state index >= 15 is 0 Å². The third-order valence-electron chi connectivity index (χ3n) is 4.95. The van der Waals surface area contributed by atoms with Gasteiger partial charge in [-0.05, 0) is 29.8 Å². The van der Waals surface area contributed by atoms with E-state index in [1.165, 1.54) is 0 Å². The third-order valence-corrected chi connectivity index (χ3v) is 4.95. The van der Waals surface area contributed by atoms with Gasteiger partial charge in [0.2, 0.25) is 12.1 Å². The van der Waals surface area contributed by atoms with E-state index in [9.17, 15) is 22.8 Å². The maximum atomic E-state index is 13.5. The van der Waals surface area contributed by atoms with Crippen LogP contribution in [-0.4, -0.2) is 38.8 Å². The summed E-state index contributed by atoms with van der Waals surface area (Å²) >= 11 is 0. The van der Waals surface area contributed by atoms with Crippen LogP contribution in [0.5, 0.6) is 0 Å². The highest BCUT2D eigenvalue weighted by Crippen LogP contribution is 2.35. The Bertz CT molecular complexity index is 1160. The highest BCUT2D eigenvalue weighted by Gasteiger charge is 2.49. The molecule has 0 radical (unpaired) electrons. The number of anilines is 2. The van der Waals surface area contributed by atoms with Crippen LogP contribution in [0, 0.1) is 0 Å². The lowest BCUT2D eigenvalue weighted by Crippen LogP contribution is -2.56. The van der Waals surface area contributed by atoms with Crippen LogP contribution in [0.1, 0.15) is 22.8 Å². The van der Waals surface area contributed by atoms with Crippen molar-refractivity contribution in [3.63, 3.8) is 0 Å². The number of alkyl halides is 3. The van der Waals surface area contributed by atoms with Crippen LogP contribution >= 0.6 is 0 Å². The van der Waals surface area contributed by atoms with Gasteiger partial charge in [0.1, 0.15) is 0 Å². The highest BCUT2D eigenvalue weighted by atomic mass is 19.4. The fourth-order valence-corrected chi connectivity index (χ4v) is 3.62. The number of carbonyl (C=O) groups is 2. The molecule has 1 aliphatic rings. The van der Waals surface area contributed by atoms with Crippen LogP contribution < -0.4 is 10.6 Å². The molecule has 3 aromatic rings. The largest absolute Gasteiger partial charge is 0.427 e. The Balaban J connectivity index is 1.66. The molecule has 0 saturated carbocycles. The molecule has 0 bridgehead atoms. The van der Waals surface area contributed by atoms with E-state index < -0.39 is 24.2 Å². The average molecular weight is 417 g/mol. The molecule has 2 heterocycles. The normalized spacial score (nSPS) is 14.7. The molecule has 4 rings (SSSR count). The topological polar surface area (TPSA) is 79.3 Å². The molecule has 1 aromatic heterocycles. The SMILES string of the molecule is CC(=O)NC(N1Cc2cccc(Nc3ccc4c(cnn4C)c3)c2C1=O)C(F)(F)F. The summed E-state index contributed by atoms with van der Waals surface area (Å²) in [4.78, 5) is 24.8. The van der Waals surface area contributed by atoms with Gasteiger partial charge < -0.3 is 15.5 Å². The van der Waals surface area contributed by atoms with Crippen molar-refractivity contribution in [3.8, 4) is 0 Å². The van der Waals surface area contributed by atoms with Gasteiger partial charge in [-0.2, -0.15) is 18.3 Å². The van der Waals surface area contributed by atoms with Gasteiger partial charge in [0.05, 0.1) is 23.0 Å². The number of nitrogens with one attached hydrogen (secondary N) is 2. The number of aromatic nitrogens is 2. The molecule has 1 aliphatic heterocycles. The molecule has 0 saturated heterocycles. The summed E-state index contributed by atoms with van der Waals surface area (Å²) in [6.45, 7) is 0.726. The van der Waals surface area contributed by atoms with Crippen molar-refractivity contribution in [3.05, 3.63) is 53.7 Å². The van der Waals surface area contributed by atoms with Gasteiger partial charge in [-0.25, -0.2) is 0 Å². The van der Waals surface area contributed by atoms with Crippen molar-refractivity contribution in [2.24, 2.45) is 7.05 Å². The van der Waals surface area contributed by atoms with Crippen molar-refractivity contribution in [1.29, 1.82) is 0 Å². The zero-order valence-corrected chi connectivity index (χ0v) is 16.1. The van der Waals surface area contributed by atoms with Crippen molar-refractivity contribution < 1.29 is 22.8 Å². The molecule has 1 unspecified atom stereocenters. The molecule has 2 amide bonds. The van der Waals surface area contributed by atoms with Crippen LogP contribution in [0.25, 0.3) is 10.9 Å². The van der Waals surface area contributed by atoms with Gasteiger partial charge in [0, 0.05) is 31.6 Å². The van der Waals surface area contributed by atoms with Gasteiger partial charge in [-0.3, -0.25) is 14.3 Å². The summed E-state index contributed by atoms with van der Waals surface area (Å²) in [5.74, 6) is -1.67. The number of amides is 2. The number of carbonyl (C=O) groups excluding carboxylic acids is 2. The number of benzene rings is 2. The first-order valence-electron chi connectivity index (χ1n) is 9.10. The molecule has 10 heteroatoms. The Morgan fingerprint density at radius 2 is 2.00 bits per heavy atom. The minimum Gasteiger partial charge on any atom is -0.355 e. The predicted molar refractivity (Wildman–Crippen MR) is 104 cm³/mol. The summed E-state index contributed by atoms with van der Waals surface area (Å²) in [6.07, 6.45) is -5.50. The monoisotopic (exact) mass is 417 g/mol. The molecule has 2 aromatic carbocycles. The maximum absolute atomic E-state index is 13.5. The van der Waals surface area contributed by atoms with Crippen molar-refractivity contribution in [2.75, 3.05) is 5.32 Å². The molecule has 30 heavy (non-hydrogen) atoms. The fraction of sp³-hybridized carbons (Fsp3) is 0.250. The molecule has 1 atom stereocenters. The van der Waals surface area contributed by atoms with E-state index in [-0.39, 0.29) is 12.1 Å². The van der Waals surface area contributed by atoms with Crippen LogP contribution in [-0.2, 0) is 18.4 Å². The molecular weight excluding hydrogens is 399 g/mol. The van der Waals surface area contributed by atoms with Gasteiger partial charge in [-0.1, -0.05) is 12.1 Å². The molecule has 0 fully saturated rings. The van der Waals surface area contributed by atoms with E-state index in [2.05, 4.69) is 10.4 Å². The number of nitrogens with zero attached hydrogens (tertiary/aromatic N) is 3. The fourth-order valence-electron chi connectivity index (χ4n) is 3.62. The second-order valence-corrected chi connectivity index (χ2v) is 7.08. The summed E-state index contributed by atoms with van der Waals surface area (Å²) < 4.78 is 42.2. The van der Waals surface area contributed by atoms with E-state index in [0.717, 1.165) is 17.8 Å². The minimum absolute atomic E-state index is 0.156. The number of hydrogen-bond acceptors (Lipinski definition) is 4. The molecule has 0 aliphatic carbocycles. The quantitative estimate of drug-likeness (QED) is 0.683. The Labute approximate surface area is 169 Å². The van der Waals surface area contributed by atoms with Crippen molar-refractivity contribution in [2.45, 2.75) is 25.8 Å². The second kappa shape index (κ2) is 7.05. The minimum atomic E-state index is -4.80. The van der Waals surface area contributed by atoms with Gasteiger partial charge in [0.15, 0.2) is 0 Å². The number of fused-ring (bicyclic) bond motifs is 2. The molecule has 7 nitrogen and oxygen atoms in total. The number of halogens is 3. The van der Waals surface area contributed by atoms with E-state index in [4.69, 9.17) is 0 Å². The van der Waals surface area contributed by atoms with Crippen molar-refractivity contribution in [1.82, 2.24) is 20.0 Å². The Morgan fingerprint density at radius 3 is 2.70 bits per heavy atom. The van der Waals surface area contributed by atoms with Gasteiger partial charge in [-0.15, -0.1) is 0 Å².